The lowest BCUT2D eigenvalue weighted by Gasteiger charge is -2.11. The van der Waals surface area contributed by atoms with Crippen molar-refractivity contribution >= 4 is 23.4 Å². The lowest BCUT2D eigenvalue weighted by molar-refractivity contribution is -0.113. The van der Waals surface area contributed by atoms with Gasteiger partial charge < -0.3 is 9.73 Å². The van der Waals surface area contributed by atoms with Crippen LogP contribution in [0.4, 0.5) is 10.1 Å². The monoisotopic (exact) mass is 419 g/mol. The van der Waals surface area contributed by atoms with Gasteiger partial charge in [-0.25, -0.2) is 4.39 Å². The molecule has 0 spiro atoms. The van der Waals surface area contributed by atoms with E-state index in [1.54, 1.807) is 12.1 Å². The number of thioether (sulfide) groups is 1. The standard InChI is InChI=1S/C23H18FN3O2S/c24-19-12-10-17(11-13-19)22-26-27-23(29-22)30-15-21(28)25-20-9-5-4-8-18(20)14-16-6-2-1-3-7-16/h1-13H,14-15H2,(H,25,28). The quantitative estimate of drug-likeness (QED) is 0.417. The zero-order chi connectivity index (χ0) is 20.8. The normalized spacial score (nSPS) is 10.7. The second-order valence-electron chi connectivity index (χ2n) is 6.54. The maximum atomic E-state index is 13.0. The van der Waals surface area contributed by atoms with Crippen LogP contribution in [0, 0.1) is 5.82 Å². The molecule has 4 aromatic rings. The van der Waals surface area contributed by atoms with Gasteiger partial charge in [-0.05, 0) is 47.9 Å². The summed E-state index contributed by atoms with van der Waals surface area (Å²) in [6.45, 7) is 0. The molecule has 150 valence electrons. The van der Waals surface area contributed by atoms with Gasteiger partial charge in [0.25, 0.3) is 5.22 Å². The lowest BCUT2D eigenvalue weighted by atomic mass is 10.0. The minimum atomic E-state index is -0.336. The van der Waals surface area contributed by atoms with Crippen LogP contribution in [0.3, 0.4) is 0 Å². The van der Waals surface area contributed by atoms with E-state index in [1.165, 1.54) is 17.7 Å². The molecule has 30 heavy (non-hydrogen) atoms. The molecule has 0 bridgehead atoms. The number of rotatable bonds is 7. The number of aromatic nitrogens is 2. The highest BCUT2D eigenvalue weighted by Gasteiger charge is 2.13. The fraction of sp³-hybridized carbons (Fsp3) is 0.0870. The van der Waals surface area contributed by atoms with Crippen LogP contribution in [0.2, 0.25) is 0 Å². The van der Waals surface area contributed by atoms with Crippen LogP contribution >= 0.6 is 11.8 Å². The van der Waals surface area contributed by atoms with Crippen molar-refractivity contribution in [3.63, 3.8) is 0 Å². The first-order valence-corrected chi connectivity index (χ1v) is 10.3. The molecule has 1 aromatic heterocycles. The molecule has 0 radical (unpaired) electrons. The average molecular weight is 419 g/mol. The van der Waals surface area contributed by atoms with Crippen molar-refractivity contribution in [1.82, 2.24) is 10.2 Å². The summed E-state index contributed by atoms with van der Waals surface area (Å²) in [6, 6.07) is 23.6. The van der Waals surface area contributed by atoms with Crippen molar-refractivity contribution < 1.29 is 13.6 Å². The first kappa shape index (κ1) is 19.8. The Balaban J connectivity index is 1.36. The Kier molecular flexibility index (Phi) is 6.20. The minimum absolute atomic E-state index is 0.130. The SMILES string of the molecule is O=C(CSc1nnc(-c2ccc(F)cc2)o1)Nc1ccccc1Cc1ccccc1. The van der Waals surface area contributed by atoms with Gasteiger partial charge in [-0.2, -0.15) is 0 Å². The Labute approximate surface area is 177 Å². The number of carbonyl (C=O) groups is 1. The minimum Gasteiger partial charge on any atom is -0.411 e. The third-order valence-electron chi connectivity index (χ3n) is 4.35. The maximum Gasteiger partial charge on any atom is 0.277 e. The summed E-state index contributed by atoms with van der Waals surface area (Å²) >= 11 is 1.15. The lowest BCUT2D eigenvalue weighted by Crippen LogP contribution is -2.15. The number of anilines is 1. The molecule has 0 fully saturated rings. The highest BCUT2D eigenvalue weighted by atomic mass is 32.2. The van der Waals surface area contributed by atoms with Crippen LogP contribution in [-0.2, 0) is 11.2 Å². The van der Waals surface area contributed by atoms with E-state index in [0.717, 1.165) is 29.4 Å². The maximum absolute atomic E-state index is 13.0. The number of hydrogen-bond acceptors (Lipinski definition) is 5. The Morgan fingerprint density at radius 1 is 0.933 bits per heavy atom. The molecular formula is C23H18FN3O2S. The van der Waals surface area contributed by atoms with Crippen molar-refractivity contribution in [2.24, 2.45) is 0 Å². The van der Waals surface area contributed by atoms with Crippen LogP contribution in [-0.4, -0.2) is 21.9 Å². The summed E-state index contributed by atoms with van der Waals surface area (Å²) in [6.07, 6.45) is 0.731. The zero-order valence-electron chi connectivity index (χ0n) is 15.9. The van der Waals surface area contributed by atoms with Crippen molar-refractivity contribution in [3.05, 3.63) is 95.8 Å². The number of halogens is 1. The second-order valence-corrected chi connectivity index (χ2v) is 7.46. The Hall–Kier alpha value is -3.45. The fourth-order valence-corrected chi connectivity index (χ4v) is 3.47. The van der Waals surface area contributed by atoms with Gasteiger partial charge in [0.1, 0.15) is 5.82 Å². The summed E-state index contributed by atoms with van der Waals surface area (Å²) in [5, 5.41) is 11.1. The molecule has 0 saturated heterocycles. The molecule has 0 aliphatic heterocycles. The van der Waals surface area contributed by atoms with Gasteiger partial charge in [0.2, 0.25) is 11.8 Å². The first-order valence-electron chi connectivity index (χ1n) is 9.31. The third-order valence-corrected chi connectivity index (χ3v) is 5.17. The largest absolute Gasteiger partial charge is 0.411 e. The van der Waals surface area contributed by atoms with Crippen molar-refractivity contribution in [3.8, 4) is 11.5 Å². The summed E-state index contributed by atoms with van der Waals surface area (Å²) < 4.78 is 18.6. The summed E-state index contributed by atoms with van der Waals surface area (Å²) in [5.41, 5.74) is 3.62. The molecule has 7 heteroatoms. The van der Waals surface area contributed by atoms with E-state index in [4.69, 9.17) is 4.42 Å². The van der Waals surface area contributed by atoms with Crippen LogP contribution in [0.15, 0.2) is 88.5 Å². The molecule has 1 N–H and O–H groups in total. The molecule has 1 amide bonds. The predicted molar refractivity (Wildman–Crippen MR) is 115 cm³/mol. The summed E-state index contributed by atoms with van der Waals surface area (Å²) in [5.74, 6) is -0.0877. The Morgan fingerprint density at radius 3 is 2.47 bits per heavy atom. The molecule has 0 unspecified atom stereocenters. The van der Waals surface area contributed by atoms with Crippen LogP contribution in [0.25, 0.3) is 11.5 Å². The number of hydrogen-bond donors (Lipinski definition) is 1. The van der Waals surface area contributed by atoms with Crippen LogP contribution in [0.5, 0.6) is 0 Å². The van der Waals surface area contributed by atoms with E-state index >= 15 is 0 Å². The topological polar surface area (TPSA) is 68.0 Å². The predicted octanol–water partition coefficient (Wildman–Crippen LogP) is 5.20. The van der Waals surface area contributed by atoms with E-state index in [2.05, 4.69) is 27.6 Å². The smallest absolute Gasteiger partial charge is 0.277 e. The van der Waals surface area contributed by atoms with E-state index in [1.807, 2.05) is 42.5 Å². The van der Waals surface area contributed by atoms with E-state index < -0.39 is 0 Å². The highest BCUT2D eigenvalue weighted by Crippen LogP contribution is 2.24. The van der Waals surface area contributed by atoms with E-state index in [0.29, 0.717) is 5.56 Å². The van der Waals surface area contributed by atoms with Crippen LogP contribution < -0.4 is 5.32 Å². The number of nitrogens with one attached hydrogen (secondary N) is 1. The zero-order valence-corrected chi connectivity index (χ0v) is 16.7. The Morgan fingerprint density at radius 2 is 1.67 bits per heavy atom. The van der Waals surface area contributed by atoms with Gasteiger partial charge in [0.15, 0.2) is 0 Å². The molecule has 4 rings (SSSR count). The van der Waals surface area contributed by atoms with Gasteiger partial charge in [-0.1, -0.05) is 60.3 Å². The van der Waals surface area contributed by atoms with E-state index in [9.17, 15) is 9.18 Å². The summed E-state index contributed by atoms with van der Waals surface area (Å²) in [4.78, 5) is 12.4. The number of carbonyl (C=O) groups excluding carboxylic acids is 1. The second kappa shape index (κ2) is 9.37. The Bertz CT molecular complexity index is 1130. The third kappa shape index (κ3) is 5.12. The van der Waals surface area contributed by atoms with Crippen molar-refractivity contribution in [2.75, 3.05) is 11.1 Å². The van der Waals surface area contributed by atoms with Crippen LogP contribution in [0.1, 0.15) is 11.1 Å². The fourth-order valence-electron chi connectivity index (χ4n) is 2.90. The van der Waals surface area contributed by atoms with Gasteiger partial charge in [0.05, 0.1) is 5.75 Å². The molecule has 0 aliphatic rings. The molecule has 0 saturated carbocycles. The van der Waals surface area contributed by atoms with E-state index in [-0.39, 0.29) is 28.6 Å². The van der Waals surface area contributed by atoms with Crippen molar-refractivity contribution in [1.29, 1.82) is 0 Å². The molecule has 5 nitrogen and oxygen atoms in total. The molecule has 1 heterocycles. The average Bonchev–Trinajstić information content (AvgIpc) is 3.24. The van der Waals surface area contributed by atoms with Gasteiger partial charge in [0, 0.05) is 11.3 Å². The molecular weight excluding hydrogens is 401 g/mol. The summed E-state index contributed by atoms with van der Waals surface area (Å²) in [7, 11) is 0. The molecule has 0 aliphatic carbocycles. The number of nitrogens with zero attached hydrogens (tertiary/aromatic N) is 2. The first-order chi connectivity index (χ1) is 14.7. The number of amides is 1. The van der Waals surface area contributed by atoms with Gasteiger partial charge >= 0.3 is 0 Å². The molecule has 3 aromatic carbocycles. The van der Waals surface area contributed by atoms with Gasteiger partial charge in [-0.15, -0.1) is 10.2 Å². The van der Waals surface area contributed by atoms with Gasteiger partial charge in [-0.3, -0.25) is 4.79 Å². The molecule has 0 atom stereocenters. The highest BCUT2D eigenvalue weighted by molar-refractivity contribution is 7.99. The van der Waals surface area contributed by atoms with Crippen molar-refractivity contribution in [2.45, 2.75) is 11.6 Å². The number of benzene rings is 3. The number of para-hydroxylation sites is 1.